The van der Waals surface area contributed by atoms with Gasteiger partial charge in [0.15, 0.2) is 5.49 Å². The van der Waals surface area contributed by atoms with E-state index in [9.17, 15) is 0 Å². The lowest BCUT2D eigenvalue weighted by Gasteiger charge is -2.04. The van der Waals surface area contributed by atoms with Crippen LogP contribution in [0.1, 0.15) is 11.4 Å². The maximum absolute atomic E-state index is 5.65. The van der Waals surface area contributed by atoms with Gasteiger partial charge in [0.2, 0.25) is 0 Å². The fourth-order valence-corrected chi connectivity index (χ4v) is 0.938. The van der Waals surface area contributed by atoms with Crippen molar-refractivity contribution in [2.45, 2.75) is 13.8 Å². The molecule has 60 valence electrons. The number of nitrogens with zero attached hydrogens (tertiary/aromatic N) is 3. The van der Waals surface area contributed by atoms with Crippen molar-refractivity contribution in [2.75, 3.05) is 12.9 Å². The summed E-state index contributed by atoms with van der Waals surface area (Å²) in [4.78, 5) is 8.09. The highest BCUT2D eigenvalue weighted by atomic mass is 15.3. The molecular formula is C7H12N4. The number of hydrogen-bond acceptors (Lipinski definition) is 3. The zero-order chi connectivity index (χ0) is 8.43. The molecule has 1 rings (SSSR count). The van der Waals surface area contributed by atoms with Crippen molar-refractivity contribution in [3.8, 4) is 0 Å². The molecule has 0 atom stereocenters. The van der Waals surface area contributed by atoms with Crippen LogP contribution in [-0.2, 0) is 0 Å². The van der Waals surface area contributed by atoms with Crippen molar-refractivity contribution in [1.29, 1.82) is 0 Å². The highest BCUT2D eigenvalue weighted by molar-refractivity contribution is 5.03. The molecule has 2 N–H and O–H groups in total. The normalized spacial score (nSPS) is 12.1. The Hall–Kier alpha value is -1.32. The Morgan fingerprint density at radius 3 is 2.64 bits per heavy atom. The number of nitrogen functional groups attached to an aromatic ring is 1. The second kappa shape index (κ2) is 2.74. The molecule has 0 fully saturated rings. The molecule has 1 aromatic rings. The number of aryl methyl sites for hydroxylation is 2. The molecule has 0 aliphatic carbocycles. The molecule has 1 heterocycles. The summed E-state index contributed by atoms with van der Waals surface area (Å²) < 4.78 is 1.48. The quantitative estimate of drug-likeness (QED) is 0.521. The van der Waals surface area contributed by atoms with Gasteiger partial charge in [0.1, 0.15) is 5.82 Å². The van der Waals surface area contributed by atoms with Gasteiger partial charge in [0.05, 0.1) is 0 Å². The first-order valence-corrected chi connectivity index (χ1v) is 3.40. The van der Waals surface area contributed by atoms with Crippen LogP contribution < -0.4 is 11.3 Å². The first-order chi connectivity index (χ1) is 5.16. The van der Waals surface area contributed by atoms with Crippen LogP contribution in [0.5, 0.6) is 0 Å². The van der Waals surface area contributed by atoms with Crippen molar-refractivity contribution < 1.29 is 0 Å². The first kappa shape index (κ1) is 7.78. The predicted molar refractivity (Wildman–Crippen MR) is 43.3 cm³/mol. The van der Waals surface area contributed by atoms with E-state index in [0.29, 0.717) is 0 Å². The Kier molecular flexibility index (Phi) is 1.94. The summed E-state index contributed by atoms with van der Waals surface area (Å²) in [5.41, 5.74) is 1.76. The van der Waals surface area contributed by atoms with Gasteiger partial charge in [0.25, 0.3) is 0 Å². The van der Waals surface area contributed by atoms with Crippen LogP contribution in [0.4, 0.5) is 0 Å². The molecule has 4 heteroatoms. The Labute approximate surface area is 65.4 Å². The molecule has 0 spiro atoms. The smallest absolute Gasteiger partial charge is 0.152 e. The van der Waals surface area contributed by atoms with E-state index in [1.165, 1.54) is 4.68 Å². The molecule has 4 nitrogen and oxygen atoms in total. The number of nitrogens with two attached hydrogens (primary N) is 1. The summed E-state index contributed by atoms with van der Waals surface area (Å²) in [6.07, 6.45) is 1.76. The monoisotopic (exact) mass is 152 g/mol. The van der Waals surface area contributed by atoms with Gasteiger partial charge in [-0.1, -0.05) is 0 Å². The minimum absolute atomic E-state index is 0.760. The Morgan fingerprint density at radius 1 is 1.55 bits per heavy atom. The number of hydrogen-bond donors (Lipinski definition) is 1. The topological polar surface area (TPSA) is 56.2 Å². The molecule has 0 bridgehead atoms. The van der Waals surface area contributed by atoms with Gasteiger partial charge in [-0.05, 0) is 13.8 Å². The molecule has 0 saturated carbocycles. The van der Waals surface area contributed by atoms with E-state index in [1.807, 2.05) is 13.8 Å². The van der Waals surface area contributed by atoms with Crippen molar-refractivity contribution >= 4 is 0 Å². The van der Waals surface area contributed by atoms with Crippen LogP contribution in [0.25, 0.3) is 0 Å². The van der Waals surface area contributed by atoms with Crippen molar-refractivity contribution in [3.05, 3.63) is 23.1 Å². The van der Waals surface area contributed by atoms with Crippen LogP contribution in [0.3, 0.4) is 0 Å². The second-order valence-corrected chi connectivity index (χ2v) is 2.41. The summed E-state index contributed by atoms with van der Waals surface area (Å²) in [5.74, 6) is 6.41. The van der Waals surface area contributed by atoms with E-state index in [2.05, 4.69) is 9.98 Å². The highest BCUT2D eigenvalue weighted by Gasteiger charge is 1.96. The lowest BCUT2D eigenvalue weighted by atomic mass is 10.4. The van der Waals surface area contributed by atoms with Gasteiger partial charge in [-0.25, -0.2) is 9.66 Å². The highest BCUT2D eigenvalue weighted by Crippen LogP contribution is 1.86. The average Bonchev–Trinajstić information content (AvgIpc) is 1.99. The SMILES string of the molecule is CN=c1c(C)cnc(C)n1N. The fraction of sp³-hybridized carbons (Fsp3) is 0.429. The van der Waals surface area contributed by atoms with Crippen LogP contribution in [0, 0.1) is 13.8 Å². The second-order valence-electron chi connectivity index (χ2n) is 2.41. The van der Waals surface area contributed by atoms with Crippen molar-refractivity contribution in [2.24, 2.45) is 4.99 Å². The summed E-state index contributed by atoms with van der Waals surface area (Å²) in [5, 5.41) is 0. The molecule has 0 aromatic carbocycles. The number of rotatable bonds is 0. The van der Waals surface area contributed by atoms with Crippen LogP contribution in [0.15, 0.2) is 11.2 Å². The number of aromatic nitrogens is 2. The molecule has 0 saturated heterocycles. The molecule has 0 radical (unpaired) electrons. The summed E-state index contributed by atoms with van der Waals surface area (Å²) in [6, 6.07) is 0. The van der Waals surface area contributed by atoms with Crippen molar-refractivity contribution in [3.63, 3.8) is 0 Å². The molecular weight excluding hydrogens is 140 g/mol. The minimum atomic E-state index is 0.760. The Morgan fingerprint density at radius 2 is 2.18 bits per heavy atom. The lowest BCUT2D eigenvalue weighted by molar-refractivity contribution is 0.790. The standard InChI is InChI=1S/C7H12N4/c1-5-4-10-6(2)11(8)7(5)9-3/h4H,8H2,1-3H3. The molecule has 0 aliphatic heterocycles. The van der Waals surface area contributed by atoms with Crippen LogP contribution in [-0.4, -0.2) is 16.7 Å². The average molecular weight is 152 g/mol. The van der Waals surface area contributed by atoms with E-state index in [-0.39, 0.29) is 0 Å². The third-order valence-electron chi connectivity index (χ3n) is 1.59. The van der Waals surface area contributed by atoms with E-state index >= 15 is 0 Å². The zero-order valence-electron chi connectivity index (χ0n) is 7.00. The first-order valence-electron chi connectivity index (χ1n) is 3.40. The van der Waals surface area contributed by atoms with Gasteiger partial charge in [-0.2, -0.15) is 0 Å². The fourth-order valence-electron chi connectivity index (χ4n) is 0.938. The van der Waals surface area contributed by atoms with Gasteiger partial charge in [0, 0.05) is 18.8 Å². The Bertz CT molecular complexity index is 324. The molecule has 0 amide bonds. The maximum atomic E-state index is 5.65. The maximum Gasteiger partial charge on any atom is 0.152 e. The third-order valence-corrected chi connectivity index (χ3v) is 1.59. The third kappa shape index (κ3) is 1.24. The van der Waals surface area contributed by atoms with E-state index in [1.54, 1.807) is 13.2 Å². The lowest BCUT2D eigenvalue weighted by Crippen LogP contribution is -2.32. The van der Waals surface area contributed by atoms with Crippen molar-refractivity contribution in [1.82, 2.24) is 9.66 Å². The molecule has 11 heavy (non-hydrogen) atoms. The van der Waals surface area contributed by atoms with E-state index in [4.69, 9.17) is 5.84 Å². The van der Waals surface area contributed by atoms with E-state index in [0.717, 1.165) is 16.9 Å². The summed E-state index contributed by atoms with van der Waals surface area (Å²) in [6.45, 7) is 3.77. The summed E-state index contributed by atoms with van der Waals surface area (Å²) in [7, 11) is 1.71. The summed E-state index contributed by atoms with van der Waals surface area (Å²) >= 11 is 0. The minimum Gasteiger partial charge on any atom is -0.336 e. The van der Waals surface area contributed by atoms with Gasteiger partial charge >= 0.3 is 0 Å². The van der Waals surface area contributed by atoms with Gasteiger partial charge in [-0.15, -0.1) is 0 Å². The largest absolute Gasteiger partial charge is 0.336 e. The molecule has 1 aromatic heterocycles. The molecule has 0 aliphatic rings. The van der Waals surface area contributed by atoms with Crippen LogP contribution >= 0.6 is 0 Å². The van der Waals surface area contributed by atoms with Gasteiger partial charge < -0.3 is 5.84 Å². The van der Waals surface area contributed by atoms with Crippen LogP contribution in [0.2, 0.25) is 0 Å². The van der Waals surface area contributed by atoms with Gasteiger partial charge in [-0.3, -0.25) is 4.99 Å². The zero-order valence-corrected chi connectivity index (χ0v) is 7.00. The van der Waals surface area contributed by atoms with E-state index < -0.39 is 0 Å². The molecule has 0 unspecified atom stereocenters. The predicted octanol–water partition coefficient (Wildman–Crippen LogP) is -0.256. The Balaban J connectivity index is 3.55.